The summed E-state index contributed by atoms with van der Waals surface area (Å²) in [5, 5.41) is 23.1. The van der Waals surface area contributed by atoms with Gasteiger partial charge in [0.25, 0.3) is 5.69 Å². The number of hydrogen-bond donors (Lipinski definition) is 2. The first kappa shape index (κ1) is 14.8. The molecule has 0 aliphatic heterocycles. The number of carboxylic acids is 1. The molecule has 2 N–H and O–H groups in total. The zero-order valence-electron chi connectivity index (χ0n) is 10.2. The fourth-order valence-electron chi connectivity index (χ4n) is 1.68. The summed E-state index contributed by atoms with van der Waals surface area (Å²) < 4.78 is -0.637. The van der Waals surface area contributed by atoms with Crippen LogP contribution in [0.25, 0.3) is 0 Å². The highest BCUT2D eigenvalue weighted by Gasteiger charge is 2.32. The maximum atomic E-state index is 11.2. The molecule has 1 aromatic rings. The smallest absolute Gasteiger partial charge is 0.336 e. The van der Waals surface area contributed by atoms with E-state index in [4.69, 9.17) is 5.11 Å². The third-order valence-corrected chi connectivity index (χ3v) is 3.94. The van der Waals surface area contributed by atoms with E-state index in [-0.39, 0.29) is 16.8 Å². The molecule has 0 aliphatic carbocycles. The molecule has 6 nitrogen and oxygen atoms in total. The van der Waals surface area contributed by atoms with Crippen molar-refractivity contribution in [1.82, 2.24) is 5.32 Å². The minimum atomic E-state index is -1.17. The Labute approximate surface area is 118 Å². The third kappa shape index (κ3) is 2.61. The van der Waals surface area contributed by atoms with Gasteiger partial charge in [0.05, 0.1) is 19.6 Å². The van der Waals surface area contributed by atoms with Gasteiger partial charge in [0, 0.05) is 5.56 Å². The monoisotopic (exact) mass is 364 g/mol. The first-order chi connectivity index (χ1) is 8.22. The Balaban J connectivity index is 3.62. The predicted molar refractivity (Wildman–Crippen MR) is 75.2 cm³/mol. The topological polar surface area (TPSA) is 92.5 Å². The van der Waals surface area contributed by atoms with Gasteiger partial charge >= 0.3 is 5.97 Å². The predicted octanol–water partition coefficient (Wildman–Crippen LogP) is 2.43. The average molecular weight is 364 g/mol. The minimum absolute atomic E-state index is 0.0475. The number of rotatable bonds is 4. The van der Waals surface area contributed by atoms with Gasteiger partial charge < -0.3 is 10.4 Å². The van der Waals surface area contributed by atoms with E-state index in [0.717, 1.165) is 0 Å². The van der Waals surface area contributed by atoms with E-state index in [9.17, 15) is 14.9 Å². The van der Waals surface area contributed by atoms with E-state index >= 15 is 0 Å². The molecular formula is C11H13IN2O4. The van der Waals surface area contributed by atoms with Crippen LogP contribution in [0.1, 0.15) is 28.4 Å². The van der Waals surface area contributed by atoms with Gasteiger partial charge in [-0.15, -0.1) is 0 Å². The number of aromatic carboxylic acids is 1. The van der Waals surface area contributed by atoms with Crippen LogP contribution in [0.15, 0.2) is 12.1 Å². The number of nitro groups is 1. The minimum Gasteiger partial charge on any atom is -0.478 e. The molecule has 0 saturated heterocycles. The molecule has 0 bridgehead atoms. The molecule has 18 heavy (non-hydrogen) atoms. The molecule has 1 unspecified atom stereocenters. The normalized spacial score (nSPS) is 14.0. The molecule has 0 saturated carbocycles. The molecule has 0 aromatic heterocycles. The Hall–Kier alpha value is -1.22. The Morgan fingerprint density at radius 3 is 2.50 bits per heavy atom. The highest BCUT2D eigenvalue weighted by atomic mass is 127. The van der Waals surface area contributed by atoms with Crippen molar-refractivity contribution < 1.29 is 14.8 Å². The van der Waals surface area contributed by atoms with Gasteiger partial charge in [0.15, 0.2) is 0 Å². The SMILES string of the molecule is CNC(C)(I)c1ccc(C(=O)O)c(C)c1[N+](=O)[O-]. The van der Waals surface area contributed by atoms with Crippen molar-refractivity contribution >= 4 is 34.2 Å². The number of benzene rings is 1. The second-order valence-corrected chi connectivity index (χ2v) is 6.11. The first-order valence-electron chi connectivity index (χ1n) is 5.12. The molecule has 0 amide bonds. The molecular weight excluding hydrogens is 351 g/mol. The van der Waals surface area contributed by atoms with Gasteiger partial charge in [-0.1, -0.05) is 22.6 Å². The van der Waals surface area contributed by atoms with Crippen LogP contribution in [-0.4, -0.2) is 23.0 Å². The summed E-state index contributed by atoms with van der Waals surface area (Å²) in [5.41, 5.74) is 0.427. The van der Waals surface area contributed by atoms with Crippen LogP contribution in [0.2, 0.25) is 0 Å². The van der Waals surface area contributed by atoms with E-state index in [0.29, 0.717) is 5.56 Å². The zero-order valence-corrected chi connectivity index (χ0v) is 12.3. The molecule has 98 valence electrons. The van der Waals surface area contributed by atoms with E-state index in [1.165, 1.54) is 19.1 Å². The molecule has 1 rings (SSSR count). The van der Waals surface area contributed by atoms with Crippen LogP contribution in [0.3, 0.4) is 0 Å². The molecule has 1 aromatic carbocycles. The number of carboxylic acid groups (broad SMARTS) is 1. The van der Waals surface area contributed by atoms with E-state index in [1.54, 1.807) is 14.0 Å². The summed E-state index contributed by atoms with van der Waals surface area (Å²) in [6.07, 6.45) is 0. The lowest BCUT2D eigenvalue weighted by atomic mass is 9.98. The number of alkyl halides is 1. The Morgan fingerprint density at radius 1 is 1.56 bits per heavy atom. The molecule has 0 aliphatic rings. The molecule has 0 spiro atoms. The first-order valence-corrected chi connectivity index (χ1v) is 6.19. The summed E-state index contributed by atoms with van der Waals surface area (Å²) in [6.45, 7) is 3.24. The van der Waals surface area contributed by atoms with Crippen LogP contribution in [0.4, 0.5) is 5.69 Å². The lowest BCUT2D eigenvalue weighted by Gasteiger charge is -2.23. The number of nitro benzene ring substituents is 1. The fraction of sp³-hybridized carbons (Fsp3) is 0.364. The number of carbonyl (C=O) groups is 1. The summed E-state index contributed by atoms with van der Waals surface area (Å²) in [4.78, 5) is 21.6. The summed E-state index contributed by atoms with van der Waals surface area (Å²) in [6, 6.07) is 2.88. The van der Waals surface area contributed by atoms with E-state index in [1.807, 2.05) is 22.6 Å². The summed E-state index contributed by atoms with van der Waals surface area (Å²) in [5.74, 6) is -1.17. The lowest BCUT2D eigenvalue weighted by Crippen LogP contribution is -2.31. The van der Waals surface area contributed by atoms with Crippen LogP contribution >= 0.6 is 22.6 Å². The van der Waals surface area contributed by atoms with Crippen molar-refractivity contribution in [3.8, 4) is 0 Å². The Morgan fingerprint density at radius 2 is 2.11 bits per heavy atom. The quantitative estimate of drug-likeness (QED) is 0.282. The lowest BCUT2D eigenvalue weighted by molar-refractivity contribution is -0.386. The van der Waals surface area contributed by atoms with Gasteiger partial charge in [-0.25, -0.2) is 4.79 Å². The number of nitrogens with zero attached hydrogens (tertiary/aromatic N) is 1. The van der Waals surface area contributed by atoms with Gasteiger partial charge in [-0.05, 0) is 33.0 Å². The van der Waals surface area contributed by atoms with E-state index < -0.39 is 14.4 Å². The largest absolute Gasteiger partial charge is 0.478 e. The molecule has 7 heteroatoms. The molecule has 0 heterocycles. The standard InChI is InChI=1S/C11H13IN2O4/c1-6-7(10(15)16)4-5-8(9(6)14(17)18)11(2,12)13-3/h4-5,13H,1-3H3,(H,15,16). The third-order valence-electron chi connectivity index (χ3n) is 2.82. The second-order valence-electron chi connectivity index (χ2n) is 3.95. The average Bonchev–Trinajstić information content (AvgIpc) is 2.27. The van der Waals surface area contributed by atoms with Crippen LogP contribution in [0.5, 0.6) is 0 Å². The van der Waals surface area contributed by atoms with Gasteiger partial charge in [0.2, 0.25) is 0 Å². The zero-order chi connectivity index (χ0) is 14.1. The van der Waals surface area contributed by atoms with Gasteiger partial charge in [-0.3, -0.25) is 10.1 Å². The fourth-order valence-corrected chi connectivity index (χ4v) is 2.12. The van der Waals surface area contributed by atoms with Crippen molar-refractivity contribution in [1.29, 1.82) is 0 Å². The maximum Gasteiger partial charge on any atom is 0.336 e. The van der Waals surface area contributed by atoms with Gasteiger partial charge in [0.1, 0.15) is 0 Å². The van der Waals surface area contributed by atoms with Crippen LogP contribution in [-0.2, 0) is 3.55 Å². The summed E-state index contributed by atoms with van der Waals surface area (Å²) in [7, 11) is 1.69. The molecule has 0 fully saturated rings. The highest BCUT2D eigenvalue weighted by Crippen LogP contribution is 2.37. The van der Waals surface area contributed by atoms with Crippen molar-refractivity contribution in [2.45, 2.75) is 17.4 Å². The number of nitrogens with one attached hydrogen (secondary N) is 1. The second kappa shape index (κ2) is 5.19. The Bertz CT molecular complexity index is 514. The van der Waals surface area contributed by atoms with Crippen LogP contribution in [0, 0.1) is 17.0 Å². The summed E-state index contributed by atoms with van der Waals surface area (Å²) >= 11 is 2.05. The Kier molecular flexibility index (Phi) is 4.28. The molecule has 1 atom stereocenters. The van der Waals surface area contributed by atoms with Crippen molar-refractivity contribution in [2.75, 3.05) is 7.05 Å². The molecule has 0 radical (unpaired) electrons. The van der Waals surface area contributed by atoms with Crippen molar-refractivity contribution in [3.63, 3.8) is 0 Å². The van der Waals surface area contributed by atoms with E-state index in [2.05, 4.69) is 5.32 Å². The van der Waals surface area contributed by atoms with Crippen LogP contribution < -0.4 is 5.32 Å². The maximum absolute atomic E-state index is 11.2. The number of hydrogen-bond acceptors (Lipinski definition) is 4. The number of halogens is 1. The van der Waals surface area contributed by atoms with Gasteiger partial charge in [-0.2, -0.15) is 0 Å². The highest BCUT2D eigenvalue weighted by molar-refractivity contribution is 14.1. The van der Waals surface area contributed by atoms with Crippen molar-refractivity contribution in [3.05, 3.63) is 38.9 Å². The van der Waals surface area contributed by atoms with Crippen molar-refractivity contribution in [2.24, 2.45) is 0 Å².